The van der Waals surface area contributed by atoms with E-state index < -0.39 is 0 Å². The highest BCUT2D eigenvalue weighted by atomic mass is 16.5. The average Bonchev–Trinajstić information content (AvgIpc) is 3.29. The van der Waals surface area contributed by atoms with Crippen molar-refractivity contribution in [1.29, 1.82) is 0 Å². The number of fused-ring (bicyclic) bond motifs is 1. The Morgan fingerprint density at radius 1 is 1.18 bits per heavy atom. The first-order chi connectivity index (χ1) is 16.6. The summed E-state index contributed by atoms with van der Waals surface area (Å²) in [5.74, 6) is 1.55. The lowest BCUT2D eigenvalue weighted by atomic mass is 10.1. The standard InChI is InChI=1S/C25H30N6O3/c1-17-20(24(33)29-25(26-17)30-11-13-34-14-12-30)8-9-23(32)27-19-6-4-5-18(15-19)21-16-31-10-3-2-7-22(31)28-21/h4-6,15-16H,2-3,7-14H2,1H3,(H,27,32)(H,26,29,33). The number of carbonyl (C=O) groups is 1. The first kappa shape index (κ1) is 22.3. The number of amides is 1. The summed E-state index contributed by atoms with van der Waals surface area (Å²) in [5.41, 5.74) is 3.65. The van der Waals surface area contributed by atoms with Crippen molar-refractivity contribution in [2.24, 2.45) is 0 Å². The highest BCUT2D eigenvalue weighted by molar-refractivity contribution is 5.91. The molecule has 34 heavy (non-hydrogen) atoms. The molecule has 0 radical (unpaired) electrons. The van der Waals surface area contributed by atoms with Crippen LogP contribution >= 0.6 is 0 Å². The second kappa shape index (κ2) is 9.80. The van der Waals surface area contributed by atoms with Gasteiger partial charge in [0.1, 0.15) is 5.82 Å². The van der Waals surface area contributed by atoms with Crippen molar-refractivity contribution in [3.8, 4) is 11.3 Å². The summed E-state index contributed by atoms with van der Waals surface area (Å²) in [4.78, 5) is 39.5. The normalized spacial score (nSPS) is 15.7. The number of hydrogen-bond donors (Lipinski definition) is 2. The van der Waals surface area contributed by atoms with E-state index in [1.165, 1.54) is 12.8 Å². The van der Waals surface area contributed by atoms with Gasteiger partial charge in [0.2, 0.25) is 11.9 Å². The van der Waals surface area contributed by atoms with E-state index in [1.54, 1.807) is 0 Å². The maximum absolute atomic E-state index is 12.7. The second-order valence-electron chi connectivity index (χ2n) is 8.87. The number of H-pyrrole nitrogens is 1. The molecule has 9 nitrogen and oxygen atoms in total. The van der Waals surface area contributed by atoms with Crippen LogP contribution in [-0.2, 0) is 28.9 Å². The van der Waals surface area contributed by atoms with Gasteiger partial charge in [0, 0.05) is 61.2 Å². The first-order valence-electron chi connectivity index (χ1n) is 12.0. The first-order valence-corrected chi connectivity index (χ1v) is 12.0. The minimum absolute atomic E-state index is 0.141. The zero-order valence-corrected chi connectivity index (χ0v) is 19.5. The summed E-state index contributed by atoms with van der Waals surface area (Å²) in [6, 6.07) is 7.75. The van der Waals surface area contributed by atoms with Gasteiger partial charge in [0.15, 0.2) is 0 Å². The average molecular weight is 463 g/mol. The lowest BCUT2D eigenvalue weighted by Gasteiger charge is -2.27. The molecule has 0 atom stereocenters. The van der Waals surface area contributed by atoms with Gasteiger partial charge in [-0.05, 0) is 38.3 Å². The van der Waals surface area contributed by atoms with Gasteiger partial charge in [-0.2, -0.15) is 0 Å². The molecule has 0 saturated carbocycles. The van der Waals surface area contributed by atoms with Crippen molar-refractivity contribution in [3.05, 3.63) is 57.9 Å². The number of anilines is 2. The third-order valence-corrected chi connectivity index (χ3v) is 6.47. The molecule has 0 unspecified atom stereocenters. The molecule has 0 spiro atoms. The number of imidazole rings is 1. The monoisotopic (exact) mass is 462 g/mol. The molecule has 0 bridgehead atoms. The van der Waals surface area contributed by atoms with Gasteiger partial charge in [-0.3, -0.25) is 14.6 Å². The van der Waals surface area contributed by atoms with E-state index in [2.05, 4.69) is 26.0 Å². The summed E-state index contributed by atoms with van der Waals surface area (Å²) in [6.45, 7) is 5.47. The van der Waals surface area contributed by atoms with E-state index >= 15 is 0 Å². The molecule has 178 valence electrons. The minimum Gasteiger partial charge on any atom is -0.378 e. The number of morpholine rings is 1. The fourth-order valence-electron chi connectivity index (χ4n) is 4.58. The van der Waals surface area contributed by atoms with Crippen molar-refractivity contribution in [2.75, 3.05) is 36.5 Å². The number of aromatic amines is 1. The lowest BCUT2D eigenvalue weighted by Crippen LogP contribution is -2.38. The van der Waals surface area contributed by atoms with Crippen LogP contribution in [0.25, 0.3) is 11.3 Å². The molecule has 1 aromatic carbocycles. The largest absolute Gasteiger partial charge is 0.378 e. The summed E-state index contributed by atoms with van der Waals surface area (Å²) in [6.07, 6.45) is 6.00. The van der Waals surface area contributed by atoms with Crippen LogP contribution in [0.15, 0.2) is 35.3 Å². The molecule has 9 heteroatoms. The van der Waals surface area contributed by atoms with Crippen LogP contribution in [0.2, 0.25) is 0 Å². The van der Waals surface area contributed by atoms with Crippen LogP contribution in [0.4, 0.5) is 11.6 Å². The molecule has 1 saturated heterocycles. The predicted octanol–water partition coefficient (Wildman–Crippen LogP) is 2.69. The Morgan fingerprint density at radius 3 is 2.82 bits per heavy atom. The van der Waals surface area contributed by atoms with E-state index in [-0.39, 0.29) is 17.9 Å². The van der Waals surface area contributed by atoms with Crippen molar-refractivity contribution < 1.29 is 9.53 Å². The zero-order chi connectivity index (χ0) is 23.5. The molecule has 0 aliphatic carbocycles. The molecule has 1 amide bonds. The molecule has 1 fully saturated rings. The number of aryl methyl sites for hydroxylation is 3. The van der Waals surface area contributed by atoms with E-state index in [0.29, 0.717) is 49.9 Å². The van der Waals surface area contributed by atoms with Gasteiger partial charge in [0.25, 0.3) is 5.56 Å². The Balaban J connectivity index is 1.22. The van der Waals surface area contributed by atoms with E-state index in [4.69, 9.17) is 9.72 Å². The maximum Gasteiger partial charge on any atom is 0.255 e. The van der Waals surface area contributed by atoms with Crippen molar-refractivity contribution in [3.63, 3.8) is 0 Å². The molecule has 2 aliphatic heterocycles. The quantitative estimate of drug-likeness (QED) is 0.584. The molecular weight excluding hydrogens is 432 g/mol. The van der Waals surface area contributed by atoms with Crippen LogP contribution in [0, 0.1) is 6.92 Å². The summed E-state index contributed by atoms with van der Waals surface area (Å²) >= 11 is 0. The zero-order valence-electron chi connectivity index (χ0n) is 19.5. The van der Waals surface area contributed by atoms with Gasteiger partial charge in [0.05, 0.1) is 18.9 Å². The van der Waals surface area contributed by atoms with E-state index in [0.717, 1.165) is 35.7 Å². The van der Waals surface area contributed by atoms with Crippen molar-refractivity contribution >= 4 is 17.5 Å². The molecule has 2 aliphatic rings. The number of carbonyl (C=O) groups excluding carboxylic acids is 1. The van der Waals surface area contributed by atoms with Crippen LogP contribution < -0.4 is 15.8 Å². The number of nitrogens with one attached hydrogen (secondary N) is 2. The minimum atomic E-state index is -0.187. The van der Waals surface area contributed by atoms with Crippen molar-refractivity contribution in [2.45, 2.75) is 45.6 Å². The fourth-order valence-corrected chi connectivity index (χ4v) is 4.58. The second-order valence-corrected chi connectivity index (χ2v) is 8.87. The predicted molar refractivity (Wildman–Crippen MR) is 130 cm³/mol. The van der Waals surface area contributed by atoms with E-state index in [1.807, 2.05) is 36.1 Å². The molecular formula is C25H30N6O3. The van der Waals surface area contributed by atoms with Crippen molar-refractivity contribution in [1.82, 2.24) is 19.5 Å². The topological polar surface area (TPSA) is 105 Å². The van der Waals surface area contributed by atoms with Crippen LogP contribution in [0.3, 0.4) is 0 Å². The van der Waals surface area contributed by atoms with E-state index in [9.17, 15) is 9.59 Å². The van der Waals surface area contributed by atoms with Gasteiger partial charge in [-0.15, -0.1) is 0 Å². The molecule has 3 aromatic rings. The van der Waals surface area contributed by atoms with Gasteiger partial charge < -0.3 is 19.5 Å². The summed E-state index contributed by atoms with van der Waals surface area (Å²) < 4.78 is 7.58. The Morgan fingerprint density at radius 2 is 2.03 bits per heavy atom. The highest BCUT2D eigenvalue weighted by Crippen LogP contribution is 2.25. The number of nitrogens with zero attached hydrogens (tertiary/aromatic N) is 4. The SMILES string of the molecule is Cc1nc(N2CCOCC2)[nH]c(=O)c1CCC(=O)Nc1cccc(-c2cn3c(n2)CCCC3)c1. The van der Waals surface area contributed by atoms with Crippen LogP contribution in [0.5, 0.6) is 0 Å². The third kappa shape index (κ3) is 4.89. The third-order valence-electron chi connectivity index (χ3n) is 6.47. The number of aromatic nitrogens is 4. The maximum atomic E-state index is 12.7. The number of hydrogen-bond acceptors (Lipinski definition) is 6. The lowest BCUT2D eigenvalue weighted by molar-refractivity contribution is -0.116. The van der Waals surface area contributed by atoms with Gasteiger partial charge in [-0.25, -0.2) is 9.97 Å². The Hall–Kier alpha value is -3.46. The Kier molecular flexibility index (Phi) is 6.44. The molecule has 4 heterocycles. The molecule has 2 N–H and O–H groups in total. The number of rotatable bonds is 6. The number of benzene rings is 1. The summed E-state index contributed by atoms with van der Waals surface area (Å²) in [5, 5.41) is 2.96. The summed E-state index contributed by atoms with van der Waals surface area (Å²) in [7, 11) is 0. The van der Waals surface area contributed by atoms with Gasteiger partial charge >= 0.3 is 0 Å². The van der Waals surface area contributed by atoms with Gasteiger partial charge in [-0.1, -0.05) is 12.1 Å². The van der Waals surface area contributed by atoms with Crippen LogP contribution in [0.1, 0.15) is 36.3 Å². The molecule has 2 aromatic heterocycles. The van der Waals surface area contributed by atoms with Crippen LogP contribution in [-0.4, -0.2) is 51.7 Å². The highest BCUT2D eigenvalue weighted by Gasteiger charge is 2.17. The fraction of sp³-hybridized carbons (Fsp3) is 0.440. The Labute approximate surface area is 198 Å². The Bertz CT molecular complexity index is 1220. The smallest absolute Gasteiger partial charge is 0.255 e. The number of ether oxygens (including phenoxy) is 1. The molecule has 5 rings (SSSR count).